The van der Waals surface area contributed by atoms with Crippen LogP contribution in [0.25, 0.3) is 16.9 Å². The van der Waals surface area contributed by atoms with Gasteiger partial charge < -0.3 is 20.1 Å². The van der Waals surface area contributed by atoms with Crippen molar-refractivity contribution in [3.8, 4) is 28.4 Å². The summed E-state index contributed by atoms with van der Waals surface area (Å²) in [7, 11) is 3.17. The summed E-state index contributed by atoms with van der Waals surface area (Å²) in [5, 5.41) is 10.4. The van der Waals surface area contributed by atoms with Crippen LogP contribution in [0.2, 0.25) is 0 Å². The molecule has 8 nitrogen and oxygen atoms in total. The van der Waals surface area contributed by atoms with Crippen LogP contribution in [0.4, 0.5) is 0 Å². The molecule has 2 N–H and O–H groups in total. The summed E-state index contributed by atoms with van der Waals surface area (Å²) in [6, 6.07) is 22.1. The van der Waals surface area contributed by atoms with Crippen LogP contribution in [-0.4, -0.2) is 48.9 Å². The zero-order valence-electron chi connectivity index (χ0n) is 20.4. The molecule has 4 aromatic rings. The van der Waals surface area contributed by atoms with E-state index in [4.69, 9.17) is 14.6 Å². The molecule has 0 bridgehead atoms. The minimum Gasteiger partial charge on any atom is -0.497 e. The number of hydrogen-bond donors (Lipinski definition) is 2. The molecule has 0 atom stereocenters. The van der Waals surface area contributed by atoms with Crippen LogP contribution in [0.1, 0.15) is 26.3 Å². The van der Waals surface area contributed by atoms with Crippen LogP contribution >= 0.6 is 0 Å². The molecule has 36 heavy (non-hydrogen) atoms. The first kappa shape index (κ1) is 24.5. The topological polar surface area (TPSA) is 94.5 Å². The molecule has 2 amide bonds. The number of nitrogens with one attached hydrogen (secondary N) is 2. The van der Waals surface area contributed by atoms with E-state index < -0.39 is 0 Å². The summed E-state index contributed by atoms with van der Waals surface area (Å²) < 4.78 is 12.2. The van der Waals surface area contributed by atoms with E-state index in [0.29, 0.717) is 28.3 Å². The van der Waals surface area contributed by atoms with E-state index in [1.54, 1.807) is 49.4 Å². The zero-order valence-corrected chi connectivity index (χ0v) is 20.4. The van der Waals surface area contributed by atoms with Gasteiger partial charge in [0.15, 0.2) is 0 Å². The SMILES string of the molecule is COc1ccc(C(=O)NCCNC(=O)c2cn(-c3ccc(C)cc3)nc2-c2cccc(OC)c2)cc1. The van der Waals surface area contributed by atoms with Gasteiger partial charge in [-0.25, -0.2) is 4.68 Å². The predicted octanol–water partition coefficient (Wildman–Crippen LogP) is 4.02. The molecule has 0 radical (unpaired) electrons. The van der Waals surface area contributed by atoms with Crippen molar-refractivity contribution in [2.75, 3.05) is 27.3 Å². The molecule has 0 aliphatic heterocycles. The molecule has 0 saturated carbocycles. The van der Waals surface area contributed by atoms with Gasteiger partial charge in [-0.1, -0.05) is 29.8 Å². The second-order valence-corrected chi connectivity index (χ2v) is 8.14. The Morgan fingerprint density at radius 3 is 2.17 bits per heavy atom. The van der Waals surface area contributed by atoms with E-state index in [0.717, 1.165) is 16.8 Å². The number of amides is 2. The molecule has 184 valence electrons. The summed E-state index contributed by atoms with van der Waals surface area (Å²) in [5.74, 6) is 0.836. The van der Waals surface area contributed by atoms with Gasteiger partial charge in [-0.05, 0) is 55.5 Å². The van der Waals surface area contributed by atoms with Gasteiger partial charge in [0, 0.05) is 30.4 Å². The maximum atomic E-state index is 13.2. The minimum absolute atomic E-state index is 0.226. The number of rotatable bonds is 9. The first-order valence-electron chi connectivity index (χ1n) is 11.5. The van der Waals surface area contributed by atoms with Gasteiger partial charge in [-0.2, -0.15) is 5.10 Å². The lowest BCUT2D eigenvalue weighted by Crippen LogP contribution is -2.34. The van der Waals surface area contributed by atoms with Crippen LogP contribution in [0, 0.1) is 6.92 Å². The molecular weight excluding hydrogens is 456 g/mol. The highest BCUT2D eigenvalue weighted by molar-refractivity contribution is 6.00. The minimum atomic E-state index is -0.287. The number of hydrogen-bond acceptors (Lipinski definition) is 5. The normalized spacial score (nSPS) is 10.5. The van der Waals surface area contributed by atoms with E-state index >= 15 is 0 Å². The summed E-state index contributed by atoms with van der Waals surface area (Å²) in [5.41, 5.74) is 4.21. The Kier molecular flexibility index (Phi) is 7.65. The highest BCUT2D eigenvalue weighted by Crippen LogP contribution is 2.27. The number of benzene rings is 3. The summed E-state index contributed by atoms with van der Waals surface area (Å²) in [6.07, 6.45) is 1.71. The van der Waals surface area contributed by atoms with E-state index in [-0.39, 0.29) is 24.9 Å². The Balaban J connectivity index is 1.48. The number of ether oxygens (including phenoxy) is 2. The van der Waals surface area contributed by atoms with Gasteiger partial charge in [0.2, 0.25) is 0 Å². The summed E-state index contributed by atoms with van der Waals surface area (Å²) >= 11 is 0. The fraction of sp³-hybridized carbons (Fsp3) is 0.179. The van der Waals surface area contributed by atoms with Crippen LogP contribution in [-0.2, 0) is 0 Å². The van der Waals surface area contributed by atoms with Gasteiger partial charge >= 0.3 is 0 Å². The number of carbonyl (C=O) groups excluding carboxylic acids is 2. The number of aryl methyl sites for hydroxylation is 1. The Morgan fingerprint density at radius 2 is 1.50 bits per heavy atom. The fourth-order valence-electron chi connectivity index (χ4n) is 3.65. The van der Waals surface area contributed by atoms with Crippen molar-refractivity contribution in [1.29, 1.82) is 0 Å². The Bertz CT molecular complexity index is 1340. The maximum Gasteiger partial charge on any atom is 0.255 e. The molecule has 0 aliphatic carbocycles. The monoisotopic (exact) mass is 484 g/mol. The van der Waals surface area contributed by atoms with Crippen molar-refractivity contribution in [2.24, 2.45) is 0 Å². The van der Waals surface area contributed by atoms with E-state index in [2.05, 4.69) is 10.6 Å². The molecule has 8 heteroatoms. The molecule has 0 fully saturated rings. The Morgan fingerprint density at radius 1 is 0.833 bits per heavy atom. The fourth-order valence-corrected chi connectivity index (χ4v) is 3.65. The van der Waals surface area contributed by atoms with Crippen molar-refractivity contribution in [1.82, 2.24) is 20.4 Å². The van der Waals surface area contributed by atoms with Crippen LogP contribution in [0.15, 0.2) is 79.0 Å². The van der Waals surface area contributed by atoms with Crippen molar-refractivity contribution in [2.45, 2.75) is 6.92 Å². The average Bonchev–Trinajstić information content (AvgIpc) is 3.37. The number of aromatic nitrogens is 2. The predicted molar refractivity (Wildman–Crippen MR) is 138 cm³/mol. The van der Waals surface area contributed by atoms with Crippen LogP contribution in [0.5, 0.6) is 11.5 Å². The average molecular weight is 485 g/mol. The lowest BCUT2D eigenvalue weighted by Gasteiger charge is -2.08. The smallest absolute Gasteiger partial charge is 0.255 e. The van der Waals surface area contributed by atoms with Gasteiger partial charge in [-0.3, -0.25) is 9.59 Å². The molecule has 4 rings (SSSR count). The quantitative estimate of drug-likeness (QED) is 0.350. The summed E-state index contributed by atoms with van der Waals surface area (Å²) in [6.45, 7) is 2.55. The lowest BCUT2D eigenvalue weighted by atomic mass is 10.1. The third kappa shape index (κ3) is 5.72. The van der Waals surface area contributed by atoms with Crippen molar-refractivity contribution >= 4 is 11.8 Å². The van der Waals surface area contributed by atoms with Crippen LogP contribution in [0.3, 0.4) is 0 Å². The lowest BCUT2D eigenvalue weighted by molar-refractivity contribution is 0.0928. The summed E-state index contributed by atoms with van der Waals surface area (Å²) in [4.78, 5) is 25.5. The second-order valence-electron chi connectivity index (χ2n) is 8.14. The molecule has 0 unspecified atom stereocenters. The first-order chi connectivity index (χ1) is 17.5. The Hall–Kier alpha value is -4.59. The zero-order chi connectivity index (χ0) is 25.5. The number of carbonyl (C=O) groups is 2. The van der Waals surface area contributed by atoms with Crippen molar-refractivity contribution in [3.63, 3.8) is 0 Å². The van der Waals surface area contributed by atoms with E-state index in [9.17, 15) is 9.59 Å². The van der Waals surface area contributed by atoms with Gasteiger partial charge in [0.1, 0.15) is 17.2 Å². The largest absolute Gasteiger partial charge is 0.497 e. The third-order valence-electron chi connectivity index (χ3n) is 5.65. The number of methoxy groups -OCH3 is 2. The standard InChI is InChI=1S/C28H28N4O4/c1-19-7-11-22(12-8-19)32-18-25(26(31-32)21-5-4-6-24(17-21)36-3)28(34)30-16-15-29-27(33)20-9-13-23(35-2)14-10-20/h4-14,17-18H,15-16H2,1-3H3,(H,29,33)(H,30,34). The highest BCUT2D eigenvalue weighted by atomic mass is 16.5. The second kappa shape index (κ2) is 11.2. The van der Waals surface area contributed by atoms with E-state index in [1.807, 2.05) is 55.5 Å². The molecule has 3 aromatic carbocycles. The highest BCUT2D eigenvalue weighted by Gasteiger charge is 2.19. The van der Waals surface area contributed by atoms with E-state index in [1.165, 1.54) is 0 Å². The third-order valence-corrected chi connectivity index (χ3v) is 5.65. The van der Waals surface area contributed by atoms with Crippen molar-refractivity contribution in [3.05, 3.63) is 95.7 Å². The van der Waals surface area contributed by atoms with Gasteiger partial charge in [0.05, 0.1) is 25.5 Å². The first-order valence-corrected chi connectivity index (χ1v) is 11.5. The number of nitrogens with zero attached hydrogens (tertiary/aromatic N) is 2. The molecule has 0 aliphatic rings. The molecule has 0 saturated heterocycles. The van der Waals surface area contributed by atoms with Crippen LogP contribution < -0.4 is 20.1 Å². The Labute approximate surface area is 209 Å². The molecular formula is C28H28N4O4. The van der Waals surface area contributed by atoms with Crippen molar-refractivity contribution < 1.29 is 19.1 Å². The maximum absolute atomic E-state index is 13.2. The van der Waals surface area contributed by atoms with Gasteiger partial charge in [0.25, 0.3) is 11.8 Å². The molecule has 0 spiro atoms. The van der Waals surface area contributed by atoms with Gasteiger partial charge in [-0.15, -0.1) is 0 Å². The molecule has 1 heterocycles. The molecule has 1 aromatic heterocycles.